The van der Waals surface area contributed by atoms with Gasteiger partial charge in [-0.15, -0.1) is 0 Å². The SMILES string of the molecule is Brc1ccccc1.CC(CNS(=O)[O-])(C(=O)O)c1ccccc1. The number of benzene rings is 2. The molecule has 5 nitrogen and oxygen atoms in total. The molecule has 2 aromatic rings. The van der Waals surface area contributed by atoms with Gasteiger partial charge < -0.3 is 9.66 Å². The molecule has 2 atom stereocenters. The van der Waals surface area contributed by atoms with Crippen molar-refractivity contribution in [2.24, 2.45) is 0 Å². The van der Waals surface area contributed by atoms with E-state index in [4.69, 9.17) is 5.11 Å². The van der Waals surface area contributed by atoms with Crippen LogP contribution >= 0.6 is 15.9 Å². The fourth-order valence-corrected chi connectivity index (χ4v) is 2.44. The van der Waals surface area contributed by atoms with Gasteiger partial charge in [-0.2, -0.15) is 0 Å². The van der Waals surface area contributed by atoms with Gasteiger partial charge in [-0.3, -0.25) is 9.00 Å². The second kappa shape index (κ2) is 9.57. The van der Waals surface area contributed by atoms with Crippen molar-refractivity contribution < 1.29 is 18.7 Å². The van der Waals surface area contributed by atoms with Crippen molar-refractivity contribution >= 4 is 33.2 Å². The Kier molecular flexibility index (Phi) is 8.11. The van der Waals surface area contributed by atoms with Crippen LogP contribution < -0.4 is 4.72 Å². The third kappa shape index (κ3) is 6.62. The Bertz CT molecular complexity index is 639. The van der Waals surface area contributed by atoms with Crippen molar-refractivity contribution in [3.8, 4) is 0 Å². The molecule has 2 rings (SSSR count). The van der Waals surface area contributed by atoms with E-state index in [1.807, 2.05) is 30.3 Å². The van der Waals surface area contributed by atoms with Crippen LogP contribution in [0.2, 0.25) is 0 Å². The third-order valence-electron chi connectivity index (χ3n) is 3.16. The van der Waals surface area contributed by atoms with Gasteiger partial charge in [0.15, 0.2) is 0 Å². The minimum atomic E-state index is -2.47. The van der Waals surface area contributed by atoms with Crippen LogP contribution in [0.1, 0.15) is 12.5 Å². The third-order valence-corrected chi connectivity index (χ3v) is 4.07. The molecule has 23 heavy (non-hydrogen) atoms. The average Bonchev–Trinajstić information content (AvgIpc) is 2.54. The minimum Gasteiger partial charge on any atom is -0.760 e. The van der Waals surface area contributed by atoms with Gasteiger partial charge in [0.1, 0.15) is 5.41 Å². The Hall–Kier alpha value is -1.54. The highest BCUT2D eigenvalue weighted by Gasteiger charge is 2.34. The van der Waals surface area contributed by atoms with Crippen molar-refractivity contribution in [3.05, 3.63) is 70.7 Å². The maximum Gasteiger partial charge on any atom is 0.315 e. The highest BCUT2D eigenvalue weighted by molar-refractivity contribution is 9.10. The number of carboxylic acid groups (broad SMARTS) is 1. The second-order valence-corrected chi connectivity index (χ2v) is 6.53. The molecule has 0 saturated carbocycles. The second-order valence-electron chi connectivity index (χ2n) is 4.85. The predicted octanol–water partition coefficient (Wildman–Crippen LogP) is 2.86. The molecule has 7 heteroatoms. The van der Waals surface area contributed by atoms with E-state index in [9.17, 15) is 13.6 Å². The zero-order valence-electron chi connectivity index (χ0n) is 12.4. The monoisotopic (exact) mass is 398 g/mol. The summed E-state index contributed by atoms with van der Waals surface area (Å²) in [7, 11) is 0. The van der Waals surface area contributed by atoms with Gasteiger partial charge in [0, 0.05) is 22.3 Å². The number of aliphatic carboxylic acids is 1. The van der Waals surface area contributed by atoms with Crippen LogP contribution in [0, 0.1) is 0 Å². The predicted molar refractivity (Wildman–Crippen MR) is 92.5 cm³/mol. The van der Waals surface area contributed by atoms with Crippen molar-refractivity contribution in [2.45, 2.75) is 12.3 Å². The Morgan fingerprint density at radius 2 is 1.65 bits per heavy atom. The molecular formula is C16H17BrNO4S-. The van der Waals surface area contributed by atoms with E-state index in [-0.39, 0.29) is 6.54 Å². The first-order chi connectivity index (χ1) is 10.9. The molecule has 0 aromatic heterocycles. The van der Waals surface area contributed by atoms with Crippen molar-refractivity contribution in [1.29, 1.82) is 0 Å². The van der Waals surface area contributed by atoms with E-state index in [2.05, 4.69) is 20.7 Å². The smallest absolute Gasteiger partial charge is 0.315 e. The minimum absolute atomic E-state index is 0.178. The number of hydrogen-bond donors (Lipinski definition) is 2. The van der Waals surface area contributed by atoms with Crippen LogP contribution in [0.25, 0.3) is 0 Å². The van der Waals surface area contributed by atoms with Crippen LogP contribution in [0.15, 0.2) is 65.1 Å². The van der Waals surface area contributed by atoms with Crippen LogP contribution in [0.4, 0.5) is 0 Å². The molecular weight excluding hydrogens is 382 g/mol. The fraction of sp³-hybridized carbons (Fsp3) is 0.188. The van der Waals surface area contributed by atoms with E-state index in [0.29, 0.717) is 5.56 Å². The molecule has 0 saturated heterocycles. The first kappa shape index (κ1) is 19.5. The number of hydrogen-bond acceptors (Lipinski definition) is 3. The molecule has 0 bridgehead atoms. The molecule has 0 amide bonds. The van der Waals surface area contributed by atoms with E-state index in [1.54, 1.807) is 30.3 Å². The Balaban J connectivity index is 0.000000313. The van der Waals surface area contributed by atoms with Gasteiger partial charge in [-0.1, -0.05) is 64.5 Å². The lowest BCUT2D eigenvalue weighted by Gasteiger charge is -2.26. The average molecular weight is 399 g/mol. The summed E-state index contributed by atoms with van der Waals surface area (Å²) in [6, 6.07) is 18.5. The van der Waals surface area contributed by atoms with Gasteiger partial charge in [-0.05, 0) is 24.6 Å². The van der Waals surface area contributed by atoms with Crippen molar-refractivity contribution in [1.82, 2.24) is 4.72 Å². The topological polar surface area (TPSA) is 89.5 Å². The molecule has 2 unspecified atom stereocenters. The lowest BCUT2D eigenvalue weighted by molar-refractivity contribution is -0.142. The van der Waals surface area contributed by atoms with E-state index in [1.165, 1.54) is 6.92 Å². The molecule has 0 aliphatic carbocycles. The first-order valence-electron chi connectivity index (χ1n) is 6.68. The van der Waals surface area contributed by atoms with E-state index >= 15 is 0 Å². The largest absolute Gasteiger partial charge is 0.760 e. The lowest BCUT2D eigenvalue weighted by atomic mass is 9.83. The summed E-state index contributed by atoms with van der Waals surface area (Å²) in [4.78, 5) is 11.2. The normalized spacial score (nSPS) is 14.0. The van der Waals surface area contributed by atoms with Gasteiger partial charge in [0.2, 0.25) is 0 Å². The van der Waals surface area contributed by atoms with Crippen molar-refractivity contribution in [2.75, 3.05) is 6.54 Å². The maximum absolute atomic E-state index is 11.2. The molecule has 0 spiro atoms. The molecule has 0 radical (unpaired) electrons. The first-order valence-corrected chi connectivity index (χ1v) is 8.55. The zero-order chi connectivity index (χ0) is 17.3. The van der Waals surface area contributed by atoms with Gasteiger partial charge >= 0.3 is 5.97 Å². The molecule has 2 aromatic carbocycles. The molecule has 124 valence electrons. The summed E-state index contributed by atoms with van der Waals surface area (Å²) in [6.07, 6.45) is 0. The number of carbonyl (C=O) groups is 1. The van der Waals surface area contributed by atoms with Crippen LogP contribution in [-0.4, -0.2) is 26.4 Å². The number of nitrogens with one attached hydrogen (secondary N) is 1. The van der Waals surface area contributed by atoms with Crippen molar-refractivity contribution in [3.63, 3.8) is 0 Å². The summed E-state index contributed by atoms with van der Waals surface area (Å²) in [5.41, 5.74) is -0.707. The Morgan fingerprint density at radius 1 is 1.17 bits per heavy atom. The summed E-state index contributed by atoms with van der Waals surface area (Å²) >= 11 is 0.846. The van der Waals surface area contributed by atoms with Crippen LogP contribution in [-0.2, 0) is 21.5 Å². The molecule has 0 aliphatic heterocycles. The quantitative estimate of drug-likeness (QED) is 0.757. The molecule has 0 heterocycles. The zero-order valence-corrected chi connectivity index (χ0v) is 14.8. The van der Waals surface area contributed by atoms with E-state index in [0.717, 1.165) is 4.47 Å². The summed E-state index contributed by atoms with van der Waals surface area (Å²) in [5, 5.41) is 9.16. The Labute approximate surface area is 146 Å². The number of halogens is 1. The molecule has 2 N–H and O–H groups in total. The summed E-state index contributed by atoms with van der Waals surface area (Å²) < 4.78 is 24.0. The maximum atomic E-state index is 11.2. The summed E-state index contributed by atoms with van der Waals surface area (Å²) in [6.45, 7) is 1.30. The standard InChI is InChI=1S/C10H13NO4S.C6H5Br/c1-10(9(12)13,7-11-16(14)15)8-5-3-2-4-6-8;7-6-4-2-1-3-5-6/h2-6,11H,7H2,1H3,(H,12,13)(H,14,15);1-5H/p-1. The van der Waals surface area contributed by atoms with Gasteiger partial charge in [0.25, 0.3) is 0 Å². The number of carboxylic acids is 1. The lowest BCUT2D eigenvalue weighted by Crippen LogP contribution is -2.42. The molecule has 0 fully saturated rings. The highest BCUT2D eigenvalue weighted by Crippen LogP contribution is 2.23. The van der Waals surface area contributed by atoms with Gasteiger partial charge in [0.05, 0.1) is 0 Å². The van der Waals surface area contributed by atoms with Crippen LogP contribution in [0.3, 0.4) is 0 Å². The Morgan fingerprint density at radius 3 is 2.00 bits per heavy atom. The van der Waals surface area contributed by atoms with Gasteiger partial charge in [-0.25, -0.2) is 4.72 Å². The molecule has 0 aliphatic rings. The highest BCUT2D eigenvalue weighted by atomic mass is 79.9. The fourth-order valence-electron chi connectivity index (χ4n) is 1.73. The van der Waals surface area contributed by atoms with E-state index < -0.39 is 22.7 Å². The number of rotatable bonds is 5. The van der Waals surface area contributed by atoms with Crippen LogP contribution in [0.5, 0.6) is 0 Å². The summed E-state index contributed by atoms with van der Waals surface area (Å²) in [5.74, 6) is -1.07.